The van der Waals surface area contributed by atoms with Crippen molar-refractivity contribution in [1.29, 1.82) is 5.26 Å². The molecule has 1 rings (SSSR count). The second-order valence-electron chi connectivity index (χ2n) is 5.60. The van der Waals surface area contributed by atoms with Crippen molar-refractivity contribution in [3.05, 3.63) is 34.9 Å². The van der Waals surface area contributed by atoms with Gasteiger partial charge in [-0.1, -0.05) is 12.1 Å². The maximum Gasteiger partial charge on any atom is 0.418 e. The van der Waals surface area contributed by atoms with Crippen LogP contribution in [0.5, 0.6) is 0 Å². The SMILES string of the molecule is CC(NS(=O)C(C)(C)C)c1cccc(C#N)c1C(F)(F)F. The molecule has 0 amide bonds. The number of hydrogen-bond acceptors (Lipinski definition) is 2. The Morgan fingerprint density at radius 2 is 1.86 bits per heavy atom. The Kier molecular flexibility index (Phi) is 5.18. The molecule has 2 unspecified atom stereocenters. The number of nitrogens with one attached hydrogen (secondary N) is 1. The van der Waals surface area contributed by atoms with Crippen molar-refractivity contribution in [3.63, 3.8) is 0 Å². The Labute approximate surface area is 124 Å². The van der Waals surface area contributed by atoms with Crippen molar-refractivity contribution in [2.45, 2.75) is 44.7 Å². The lowest BCUT2D eigenvalue weighted by atomic mass is 9.97. The van der Waals surface area contributed by atoms with E-state index in [9.17, 15) is 17.4 Å². The molecule has 0 saturated heterocycles. The van der Waals surface area contributed by atoms with Crippen LogP contribution >= 0.6 is 0 Å². The van der Waals surface area contributed by atoms with Crippen molar-refractivity contribution in [2.75, 3.05) is 0 Å². The molecule has 0 radical (unpaired) electrons. The van der Waals surface area contributed by atoms with Gasteiger partial charge in [0.2, 0.25) is 0 Å². The highest BCUT2D eigenvalue weighted by Crippen LogP contribution is 2.37. The van der Waals surface area contributed by atoms with Crippen LogP contribution in [-0.4, -0.2) is 8.96 Å². The molecule has 0 aliphatic heterocycles. The van der Waals surface area contributed by atoms with Crippen LogP contribution in [0.4, 0.5) is 13.2 Å². The van der Waals surface area contributed by atoms with E-state index in [4.69, 9.17) is 5.26 Å². The van der Waals surface area contributed by atoms with Crippen LogP contribution in [0.2, 0.25) is 0 Å². The fourth-order valence-electron chi connectivity index (χ4n) is 1.74. The molecule has 0 aromatic heterocycles. The van der Waals surface area contributed by atoms with E-state index in [1.807, 2.05) is 0 Å². The van der Waals surface area contributed by atoms with Crippen molar-refractivity contribution >= 4 is 11.0 Å². The van der Waals surface area contributed by atoms with Gasteiger partial charge in [0.1, 0.15) is 0 Å². The van der Waals surface area contributed by atoms with Gasteiger partial charge in [0.05, 0.1) is 32.9 Å². The monoisotopic (exact) mass is 318 g/mol. The molecule has 1 aromatic rings. The predicted octanol–water partition coefficient (Wildman–Crippen LogP) is 3.69. The first kappa shape index (κ1) is 17.7. The standard InChI is InChI=1S/C14H17F3N2OS/c1-9(19-21(20)13(2,3)4)11-7-5-6-10(8-18)12(11)14(15,16)17/h5-7,9,19H,1-4H3. The quantitative estimate of drug-likeness (QED) is 0.924. The second-order valence-corrected chi connectivity index (χ2v) is 7.60. The molecule has 21 heavy (non-hydrogen) atoms. The van der Waals surface area contributed by atoms with E-state index in [0.717, 1.165) is 6.07 Å². The first-order chi connectivity index (χ1) is 9.48. The minimum Gasteiger partial charge on any atom is -0.242 e. The van der Waals surface area contributed by atoms with Crippen molar-refractivity contribution in [3.8, 4) is 6.07 Å². The Morgan fingerprint density at radius 3 is 2.29 bits per heavy atom. The van der Waals surface area contributed by atoms with Crippen LogP contribution in [0, 0.1) is 11.3 Å². The molecule has 1 N–H and O–H groups in total. The van der Waals surface area contributed by atoms with E-state index in [-0.39, 0.29) is 5.56 Å². The lowest BCUT2D eigenvalue weighted by Gasteiger charge is -2.24. The molecule has 2 atom stereocenters. The average Bonchev–Trinajstić information content (AvgIpc) is 2.35. The largest absolute Gasteiger partial charge is 0.418 e. The molecule has 116 valence electrons. The number of alkyl halides is 3. The van der Waals surface area contributed by atoms with Gasteiger partial charge in [0.25, 0.3) is 0 Å². The molecule has 7 heteroatoms. The third-order valence-electron chi connectivity index (χ3n) is 2.81. The molecule has 0 saturated carbocycles. The molecule has 0 aliphatic rings. The maximum atomic E-state index is 13.2. The lowest BCUT2D eigenvalue weighted by molar-refractivity contribution is -0.138. The van der Waals surface area contributed by atoms with Crippen LogP contribution < -0.4 is 4.72 Å². The number of rotatable bonds is 3. The van der Waals surface area contributed by atoms with Crippen LogP contribution in [0.15, 0.2) is 18.2 Å². The fourth-order valence-corrected chi connectivity index (χ4v) is 2.54. The summed E-state index contributed by atoms with van der Waals surface area (Å²) in [4.78, 5) is 0. The van der Waals surface area contributed by atoms with Gasteiger partial charge in [-0.05, 0) is 39.3 Å². The minimum absolute atomic E-state index is 0.0841. The summed E-state index contributed by atoms with van der Waals surface area (Å²) < 4.78 is 53.6. The van der Waals surface area contributed by atoms with Crippen LogP contribution in [0.1, 0.15) is 50.4 Å². The van der Waals surface area contributed by atoms with E-state index in [1.165, 1.54) is 19.1 Å². The zero-order valence-electron chi connectivity index (χ0n) is 12.2. The summed E-state index contributed by atoms with van der Waals surface area (Å²) in [6.07, 6.45) is -4.64. The van der Waals surface area contributed by atoms with Gasteiger partial charge in [-0.25, -0.2) is 8.93 Å². The van der Waals surface area contributed by atoms with Crippen molar-refractivity contribution < 1.29 is 17.4 Å². The highest BCUT2D eigenvalue weighted by Gasteiger charge is 2.37. The van der Waals surface area contributed by atoms with Gasteiger partial charge in [0.15, 0.2) is 0 Å². The maximum absolute atomic E-state index is 13.2. The van der Waals surface area contributed by atoms with E-state index in [2.05, 4.69) is 4.72 Å². The van der Waals surface area contributed by atoms with Crippen LogP contribution in [-0.2, 0) is 17.2 Å². The molecule has 0 bridgehead atoms. The summed E-state index contributed by atoms with van der Waals surface area (Å²) in [5, 5.41) is 8.87. The Bertz CT molecular complexity index is 585. The molecule has 0 heterocycles. The fraction of sp³-hybridized carbons (Fsp3) is 0.500. The lowest BCUT2D eigenvalue weighted by Crippen LogP contribution is -2.35. The first-order valence-corrected chi connectivity index (χ1v) is 7.41. The summed E-state index contributed by atoms with van der Waals surface area (Å²) >= 11 is 0. The van der Waals surface area contributed by atoms with Gasteiger partial charge in [0, 0.05) is 6.04 Å². The van der Waals surface area contributed by atoms with Crippen LogP contribution in [0.3, 0.4) is 0 Å². The van der Waals surface area contributed by atoms with Gasteiger partial charge in [-0.3, -0.25) is 0 Å². The average molecular weight is 318 g/mol. The highest BCUT2D eigenvalue weighted by atomic mass is 32.2. The minimum atomic E-state index is -4.64. The van der Waals surface area contributed by atoms with E-state index in [1.54, 1.807) is 26.8 Å². The Hall–Kier alpha value is -1.39. The molecular formula is C14H17F3N2OS. The van der Waals surface area contributed by atoms with E-state index in [0.29, 0.717) is 0 Å². The summed E-state index contributed by atoms with van der Waals surface area (Å²) in [6.45, 7) is 6.66. The predicted molar refractivity (Wildman–Crippen MR) is 75.6 cm³/mol. The third kappa shape index (κ3) is 4.29. The van der Waals surface area contributed by atoms with E-state index >= 15 is 0 Å². The number of benzene rings is 1. The smallest absolute Gasteiger partial charge is 0.242 e. The van der Waals surface area contributed by atoms with E-state index < -0.39 is 39.1 Å². The summed E-state index contributed by atoms with van der Waals surface area (Å²) in [6, 6.07) is 4.57. The van der Waals surface area contributed by atoms with Gasteiger partial charge >= 0.3 is 6.18 Å². The summed E-state index contributed by atoms with van der Waals surface area (Å²) in [5.74, 6) is 0. The number of halogens is 3. The number of hydrogen-bond donors (Lipinski definition) is 1. The number of nitriles is 1. The summed E-state index contributed by atoms with van der Waals surface area (Å²) in [7, 11) is -1.51. The van der Waals surface area contributed by atoms with Crippen molar-refractivity contribution in [1.82, 2.24) is 4.72 Å². The van der Waals surface area contributed by atoms with Gasteiger partial charge in [-0.2, -0.15) is 18.4 Å². The number of nitrogens with zero attached hydrogens (tertiary/aromatic N) is 1. The molecule has 1 aromatic carbocycles. The molecule has 0 spiro atoms. The normalized spacial score (nSPS) is 15.3. The molecular weight excluding hydrogens is 301 g/mol. The third-order valence-corrected chi connectivity index (χ3v) is 4.49. The Balaban J connectivity index is 3.26. The van der Waals surface area contributed by atoms with Gasteiger partial charge < -0.3 is 0 Å². The van der Waals surface area contributed by atoms with Gasteiger partial charge in [-0.15, -0.1) is 0 Å². The van der Waals surface area contributed by atoms with Crippen molar-refractivity contribution in [2.24, 2.45) is 0 Å². The second kappa shape index (κ2) is 6.16. The topological polar surface area (TPSA) is 52.9 Å². The Morgan fingerprint density at radius 1 is 1.29 bits per heavy atom. The highest BCUT2D eigenvalue weighted by molar-refractivity contribution is 7.84. The zero-order chi connectivity index (χ0) is 16.4. The van der Waals surface area contributed by atoms with Crippen LogP contribution in [0.25, 0.3) is 0 Å². The first-order valence-electron chi connectivity index (χ1n) is 6.26. The molecule has 0 aliphatic carbocycles. The molecule has 3 nitrogen and oxygen atoms in total. The molecule has 0 fully saturated rings. The zero-order valence-corrected chi connectivity index (χ0v) is 13.0. The summed E-state index contributed by atoms with van der Waals surface area (Å²) in [5.41, 5.74) is -1.49.